The number of aliphatic hydroxyl groups excluding tert-OH is 1. The highest BCUT2D eigenvalue weighted by Crippen LogP contribution is 2.36. The van der Waals surface area contributed by atoms with Crippen LogP contribution in [-0.4, -0.2) is 49.5 Å². The van der Waals surface area contributed by atoms with Crippen molar-refractivity contribution in [2.24, 2.45) is 10.7 Å². The third-order valence-electron chi connectivity index (χ3n) is 2.37. The number of methoxy groups -OCH3 is 2. The molecule has 0 aliphatic carbocycles. The normalized spacial score (nSPS) is 11.1. The summed E-state index contributed by atoms with van der Waals surface area (Å²) in [6, 6.07) is 2.68. The molecule has 0 spiro atoms. The maximum Gasteiger partial charge on any atom is 0.258 e. The molecule has 0 bridgehead atoms. The number of aliphatic hydroxyl groups is 1. The molecule has 20 heavy (non-hydrogen) atoms. The Hall–Kier alpha value is -2.48. The van der Waals surface area contributed by atoms with Crippen LogP contribution in [0.25, 0.3) is 0 Å². The predicted molar refractivity (Wildman–Crippen MR) is 72.3 cm³/mol. The number of aromatic hydroxyl groups is 1. The van der Waals surface area contributed by atoms with Gasteiger partial charge in [0.15, 0.2) is 17.5 Å². The zero-order valence-electron chi connectivity index (χ0n) is 11.2. The summed E-state index contributed by atoms with van der Waals surface area (Å²) in [6.07, 6.45) is 0. The van der Waals surface area contributed by atoms with Crippen molar-refractivity contribution in [2.45, 2.75) is 0 Å². The summed E-state index contributed by atoms with van der Waals surface area (Å²) in [4.78, 5) is 15.7. The minimum atomic E-state index is -0.541. The van der Waals surface area contributed by atoms with Gasteiger partial charge in [-0.25, -0.2) is 0 Å². The van der Waals surface area contributed by atoms with Crippen LogP contribution in [0.1, 0.15) is 10.4 Å². The van der Waals surface area contributed by atoms with Gasteiger partial charge in [-0.1, -0.05) is 0 Å². The van der Waals surface area contributed by atoms with Gasteiger partial charge in [0.2, 0.25) is 5.75 Å². The summed E-state index contributed by atoms with van der Waals surface area (Å²) in [6.45, 7) is -0.0776. The number of carbonyl (C=O) groups is 1. The lowest BCUT2D eigenvalue weighted by Gasteiger charge is -2.11. The number of hydrogen-bond acceptors (Lipinski definition) is 6. The summed E-state index contributed by atoms with van der Waals surface area (Å²) in [7, 11) is 2.71. The van der Waals surface area contributed by atoms with Gasteiger partial charge >= 0.3 is 0 Å². The molecule has 8 nitrogen and oxygen atoms in total. The number of phenolic OH excluding ortho intramolecular Hbond substituents is 1. The Morgan fingerprint density at radius 3 is 2.35 bits per heavy atom. The second-order valence-corrected chi connectivity index (χ2v) is 3.67. The number of carbonyl (C=O) groups excluding carboxylic acids is 1. The fourth-order valence-corrected chi connectivity index (χ4v) is 1.42. The molecule has 0 radical (unpaired) electrons. The fraction of sp³-hybridized carbons (Fsp3) is 0.333. The Labute approximate surface area is 115 Å². The molecule has 0 atom stereocenters. The average Bonchev–Trinajstić information content (AvgIpc) is 2.45. The number of nitrogens with two attached hydrogens (primary N) is 1. The molecule has 0 aliphatic heterocycles. The number of hydrogen-bond donors (Lipinski definition) is 4. The van der Waals surface area contributed by atoms with Gasteiger partial charge in [-0.2, -0.15) is 0 Å². The minimum absolute atomic E-state index is 0.0916. The van der Waals surface area contributed by atoms with Crippen LogP contribution in [0.2, 0.25) is 0 Å². The highest BCUT2D eigenvalue weighted by molar-refractivity contribution is 6.05. The Kier molecular flexibility index (Phi) is 5.60. The zero-order valence-corrected chi connectivity index (χ0v) is 11.2. The van der Waals surface area contributed by atoms with Crippen molar-refractivity contribution in [3.8, 4) is 17.2 Å². The largest absolute Gasteiger partial charge is 0.502 e. The number of ether oxygens (including phenoxy) is 2. The van der Waals surface area contributed by atoms with Crippen molar-refractivity contribution in [3.63, 3.8) is 0 Å². The Balaban J connectivity index is 2.98. The third-order valence-corrected chi connectivity index (χ3v) is 2.37. The van der Waals surface area contributed by atoms with Crippen LogP contribution < -0.4 is 20.5 Å². The maximum absolute atomic E-state index is 11.9. The molecule has 0 unspecified atom stereocenters. The van der Waals surface area contributed by atoms with E-state index in [0.717, 1.165) is 0 Å². The van der Waals surface area contributed by atoms with Gasteiger partial charge in [0.05, 0.1) is 27.4 Å². The first-order valence-corrected chi connectivity index (χ1v) is 5.70. The van der Waals surface area contributed by atoms with Crippen molar-refractivity contribution in [3.05, 3.63) is 17.7 Å². The van der Waals surface area contributed by atoms with Gasteiger partial charge in [0.25, 0.3) is 5.91 Å². The van der Waals surface area contributed by atoms with E-state index in [4.69, 9.17) is 20.3 Å². The molecule has 1 rings (SSSR count). The smallest absolute Gasteiger partial charge is 0.258 e. The van der Waals surface area contributed by atoms with Crippen molar-refractivity contribution in [1.29, 1.82) is 0 Å². The molecule has 0 heterocycles. The molecule has 0 saturated carbocycles. The number of rotatable bonds is 5. The number of aliphatic imine (C=N–C) groups is 1. The lowest BCUT2D eigenvalue weighted by atomic mass is 10.1. The van der Waals surface area contributed by atoms with Gasteiger partial charge < -0.3 is 25.4 Å². The molecular formula is C12H17N3O5. The molecular weight excluding hydrogens is 266 g/mol. The van der Waals surface area contributed by atoms with E-state index in [1.54, 1.807) is 0 Å². The second kappa shape index (κ2) is 7.19. The Morgan fingerprint density at radius 1 is 1.35 bits per heavy atom. The van der Waals surface area contributed by atoms with Gasteiger partial charge in [-0.05, 0) is 12.1 Å². The van der Waals surface area contributed by atoms with Crippen LogP contribution in [0.3, 0.4) is 0 Å². The third kappa shape index (κ3) is 3.75. The van der Waals surface area contributed by atoms with E-state index >= 15 is 0 Å². The van der Waals surface area contributed by atoms with Crippen molar-refractivity contribution in [1.82, 2.24) is 5.32 Å². The van der Waals surface area contributed by atoms with Crippen molar-refractivity contribution >= 4 is 11.9 Å². The SMILES string of the molecule is COc1cc(C(=O)NC(N)=NCCO)cc(OC)c1O. The van der Waals surface area contributed by atoms with Gasteiger partial charge in [-0.15, -0.1) is 0 Å². The van der Waals surface area contributed by atoms with Gasteiger partial charge in [0, 0.05) is 5.56 Å². The second-order valence-electron chi connectivity index (χ2n) is 3.67. The first kappa shape index (κ1) is 15.6. The van der Waals surface area contributed by atoms with Crippen LogP contribution in [0.5, 0.6) is 17.2 Å². The van der Waals surface area contributed by atoms with Gasteiger partial charge in [0.1, 0.15) is 0 Å². The van der Waals surface area contributed by atoms with E-state index < -0.39 is 5.91 Å². The topological polar surface area (TPSA) is 126 Å². The monoisotopic (exact) mass is 283 g/mol. The summed E-state index contributed by atoms with van der Waals surface area (Å²) >= 11 is 0. The van der Waals surface area contributed by atoms with Crippen molar-refractivity contribution < 1.29 is 24.5 Å². The van der Waals surface area contributed by atoms with Crippen LogP contribution in [0.15, 0.2) is 17.1 Å². The van der Waals surface area contributed by atoms with E-state index in [0.29, 0.717) is 0 Å². The highest BCUT2D eigenvalue weighted by Gasteiger charge is 2.16. The molecule has 0 aliphatic rings. The van der Waals surface area contributed by atoms with E-state index in [-0.39, 0.29) is 41.9 Å². The van der Waals surface area contributed by atoms with Crippen LogP contribution in [-0.2, 0) is 0 Å². The molecule has 0 aromatic heterocycles. The molecule has 5 N–H and O–H groups in total. The van der Waals surface area contributed by atoms with E-state index in [9.17, 15) is 9.90 Å². The average molecular weight is 283 g/mol. The summed E-state index contributed by atoms with van der Waals surface area (Å²) < 4.78 is 9.89. The van der Waals surface area contributed by atoms with E-state index in [1.165, 1.54) is 26.4 Å². The maximum atomic E-state index is 11.9. The molecule has 0 saturated heterocycles. The highest BCUT2D eigenvalue weighted by atomic mass is 16.5. The Bertz CT molecular complexity index is 491. The fourth-order valence-electron chi connectivity index (χ4n) is 1.42. The zero-order chi connectivity index (χ0) is 15.1. The molecule has 110 valence electrons. The quantitative estimate of drug-likeness (QED) is 0.424. The summed E-state index contributed by atoms with van der Waals surface area (Å²) in [5.41, 5.74) is 5.64. The van der Waals surface area contributed by atoms with Crippen molar-refractivity contribution in [2.75, 3.05) is 27.4 Å². The molecule has 8 heteroatoms. The van der Waals surface area contributed by atoms with Crippen LogP contribution >= 0.6 is 0 Å². The molecule has 1 amide bonds. The predicted octanol–water partition coefficient (Wildman–Crippen LogP) is -0.554. The van der Waals surface area contributed by atoms with Crippen LogP contribution in [0, 0.1) is 0 Å². The molecule has 1 aromatic rings. The van der Waals surface area contributed by atoms with Crippen LogP contribution in [0.4, 0.5) is 0 Å². The van der Waals surface area contributed by atoms with E-state index in [2.05, 4.69) is 10.3 Å². The van der Waals surface area contributed by atoms with E-state index in [1.807, 2.05) is 0 Å². The first-order chi connectivity index (χ1) is 9.53. The number of phenols is 1. The number of benzene rings is 1. The minimum Gasteiger partial charge on any atom is -0.502 e. The molecule has 1 aromatic carbocycles. The number of nitrogens with zero attached hydrogens (tertiary/aromatic N) is 1. The summed E-state index contributed by atoms with van der Waals surface area (Å²) in [5.74, 6) is -0.662. The standard InChI is InChI=1S/C12H17N3O5/c1-19-8-5-7(6-9(20-2)10(8)17)11(18)15-12(13)14-3-4-16/h5-6,16-17H,3-4H2,1-2H3,(H3,13,14,15,18). The number of guanidine groups is 1. The lowest BCUT2D eigenvalue weighted by Crippen LogP contribution is -2.37. The van der Waals surface area contributed by atoms with Gasteiger partial charge in [-0.3, -0.25) is 15.1 Å². The summed E-state index contributed by atoms with van der Waals surface area (Å²) in [5, 5.41) is 20.7. The molecule has 0 fully saturated rings. The first-order valence-electron chi connectivity index (χ1n) is 5.70. The number of amides is 1. The Morgan fingerprint density at radius 2 is 1.90 bits per heavy atom. The lowest BCUT2D eigenvalue weighted by molar-refractivity contribution is 0.0975. The number of nitrogens with one attached hydrogen (secondary N) is 1.